The molecule has 1 saturated carbocycles. The molecule has 0 unspecified atom stereocenters. The molecule has 0 aliphatic heterocycles. The van der Waals surface area contributed by atoms with Gasteiger partial charge in [-0.1, -0.05) is 0 Å². The molecule has 1 heterocycles. The Morgan fingerprint density at radius 1 is 1.25 bits per heavy atom. The van der Waals surface area contributed by atoms with Crippen LogP contribution < -0.4 is 14.8 Å². The SMILES string of the molecule is COc1ccc(-c2nc(CNC3CC3)co2)cc1OC. The third-order valence-electron chi connectivity index (χ3n) is 3.33. The van der Waals surface area contributed by atoms with Crippen molar-refractivity contribution in [3.05, 3.63) is 30.2 Å². The summed E-state index contributed by atoms with van der Waals surface area (Å²) in [5, 5.41) is 3.41. The number of oxazole rings is 1. The van der Waals surface area contributed by atoms with Crippen LogP contribution in [0.15, 0.2) is 28.9 Å². The highest BCUT2D eigenvalue weighted by Gasteiger charge is 2.20. The van der Waals surface area contributed by atoms with Crippen LogP contribution >= 0.6 is 0 Å². The van der Waals surface area contributed by atoms with Gasteiger partial charge in [-0.25, -0.2) is 4.98 Å². The fourth-order valence-electron chi connectivity index (χ4n) is 2.03. The Kier molecular flexibility index (Phi) is 3.60. The van der Waals surface area contributed by atoms with Crippen molar-refractivity contribution < 1.29 is 13.9 Å². The van der Waals surface area contributed by atoms with Gasteiger partial charge < -0.3 is 19.2 Å². The van der Waals surface area contributed by atoms with E-state index in [4.69, 9.17) is 13.9 Å². The van der Waals surface area contributed by atoms with E-state index in [2.05, 4.69) is 10.3 Å². The molecule has 2 aromatic rings. The smallest absolute Gasteiger partial charge is 0.226 e. The van der Waals surface area contributed by atoms with E-state index in [1.807, 2.05) is 18.2 Å². The van der Waals surface area contributed by atoms with Crippen LogP contribution in [-0.4, -0.2) is 25.2 Å². The lowest BCUT2D eigenvalue weighted by atomic mass is 10.2. The summed E-state index contributed by atoms with van der Waals surface area (Å²) in [6.07, 6.45) is 4.22. The van der Waals surface area contributed by atoms with Gasteiger partial charge in [0, 0.05) is 18.2 Å². The minimum atomic E-state index is 0.596. The Morgan fingerprint density at radius 3 is 2.75 bits per heavy atom. The maximum absolute atomic E-state index is 5.53. The van der Waals surface area contributed by atoms with Crippen molar-refractivity contribution in [1.82, 2.24) is 10.3 Å². The minimum Gasteiger partial charge on any atom is -0.493 e. The number of benzene rings is 1. The van der Waals surface area contributed by atoms with Crippen LogP contribution in [0, 0.1) is 0 Å². The third-order valence-corrected chi connectivity index (χ3v) is 3.33. The molecule has 106 valence electrons. The minimum absolute atomic E-state index is 0.596. The van der Waals surface area contributed by atoms with E-state index in [1.165, 1.54) is 12.8 Å². The molecular weight excluding hydrogens is 256 g/mol. The first kappa shape index (κ1) is 13.0. The van der Waals surface area contributed by atoms with Crippen molar-refractivity contribution in [2.45, 2.75) is 25.4 Å². The zero-order chi connectivity index (χ0) is 13.9. The fraction of sp³-hybridized carbons (Fsp3) is 0.400. The molecule has 1 N–H and O–H groups in total. The lowest BCUT2D eigenvalue weighted by molar-refractivity contribution is 0.355. The van der Waals surface area contributed by atoms with Crippen LogP contribution in [0.3, 0.4) is 0 Å². The number of hydrogen-bond acceptors (Lipinski definition) is 5. The molecule has 3 rings (SSSR count). The van der Waals surface area contributed by atoms with Gasteiger partial charge in [0.05, 0.1) is 19.9 Å². The van der Waals surface area contributed by atoms with Crippen molar-refractivity contribution in [3.8, 4) is 23.0 Å². The van der Waals surface area contributed by atoms with Crippen LogP contribution in [0.2, 0.25) is 0 Å². The van der Waals surface area contributed by atoms with Gasteiger partial charge in [-0.05, 0) is 31.0 Å². The molecule has 1 aromatic heterocycles. The Labute approximate surface area is 117 Å². The van der Waals surface area contributed by atoms with Crippen molar-refractivity contribution in [1.29, 1.82) is 0 Å². The number of ether oxygens (including phenoxy) is 2. The fourth-order valence-corrected chi connectivity index (χ4v) is 2.03. The zero-order valence-corrected chi connectivity index (χ0v) is 11.7. The molecule has 1 aliphatic carbocycles. The van der Waals surface area contributed by atoms with E-state index >= 15 is 0 Å². The van der Waals surface area contributed by atoms with Gasteiger partial charge >= 0.3 is 0 Å². The summed E-state index contributed by atoms with van der Waals surface area (Å²) >= 11 is 0. The average molecular weight is 274 g/mol. The molecule has 1 fully saturated rings. The van der Waals surface area contributed by atoms with E-state index in [0.29, 0.717) is 23.4 Å². The Balaban J connectivity index is 1.77. The molecule has 0 spiro atoms. The van der Waals surface area contributed by atoms with Gasteiger partial charge in [-0.2, -0.15) is 0 Å². The predicted molar refractivity (Wildman–Crippen MR) is 74.9 cm³/mol. The van der Waals surface area contributed by atoms with Crippen molar-refractivity contribution in [2.24, 2.45) is 0 Å². The summed E-state index contributed by atoms with van der Waals surface area (Å²) < 4.78 is 16.0. The van der Waals surface area contributed by atoms with Crippen molar-refractivity contribution in [3.63, 3.8) is 0 Å². The summed E-state index contributed by atoms with van der Waals surface area (Å²) in [6, 6.07) is 6.28. The van der Waals surface area contributed by atoms with Gasteiger partial charge in [-0.3, -0.25) is 0 Å². The largest absolute Gasteiger partial charge is 0.493 e. The Bertz CT molecular complexity index is 591. The highest BCUT2D eigenvalue weighted by molar-refractivity contribution is 5.60. The normalized spacial score (nSPS) is 14.3. The van der Waals surface area contributed by atoms with E-state index in [9.17, 15) is 0 Å². The summed E-state index contributed by atoms with van der Waals surface area (Å²) in [5.74, 6) is 1.96. The Morgan fingerprint density at radius 2 is 2.05 bits per heavy atom. The van der Waals surface area contributed by atoms with Crippen LogP contribution in [0.4, 0.5) is 0 Å². The molecule has 0 atom stereocenters. The van der Waals surface area contributed by atoms with E-state index in [0.717, 1.165) is 17.8 Å². The first-order chi connectivity index (χ1) is 9.80. The van der Waals surface area contributed by atoms with Crippen LogP contribution in [-0.2, 0) is 6.54 Å². The predicted octanol–water partition coefficient (Wildman–Crippen LogP) is 2.61. The molecule has 0 amide bonds. The van der Waals surface area contributed by atoms with Gasteiger partial charge in [0.25, 0.3) is 0 Å². The molecule has 1 aliphatic rings. The molecule has 5 heteroatoms. The summed E-state index contributed by atoms with van der Waals surface area (Å²) in [6.45, 7) is 0.751. The van der Waals surface area contributed by atoms with Crippen LogP contribution in [0.1, 0.15) is 18.5 Å². The Hall–Kier alpha value is -2.01. The van der Waals surface area contributed by atoms with Gasteiger partial charge in [0.1, 0.15) is 6.26 Å². The number of nitrogens with one attached hydrogen (secondary N) is 1. The number of methoxy groups -OCH3 is 2. The number of hydrogen-bond donors (Lipinski definition) is 1. The van der Waals surface area contributed by atoms with Crippen LogP contribution in [0.5, 0.6) is 11.5 Å². The first-order valence-electron chi connectivity index (χ1n) is 6.70. The maximum Gasteiger partial charge on any atom is 0.226 e. The molecule has 5 nitrogen and oxygen atoms in total. The molecule has 0 bridgehead atoms. The first-order valence-corrected chi connectivity index (χ1v) is 6.70. The second kappa shape index (κ2) is 5.54. The summed E-state index contributed by atoms with van der Waals surface area (Å²) in [4.78, 5) is 4.49. The molecule has 0 saturated heterocycles. The monoisotopic (exact) mass is 274 g/mol. The molecule has 1 aromatic carbocycles. The van der Waals surface area contributed by atoms with Gasteiger partial charge in [0.15, 0.2) is 11.5 Å². The maximum atomic E-state index is 5.53. The zero-order valence-electron chi connectivity index (χ0n) is 11.7. The summed E-state index contributed by atoms with van der Waals surface area (Å²) in [7, 11) is 3.23. The van der Waals surface area contributed by atoms with Crippen LogP contribution in [0.25, 0.3) is 11.5 Å². The molecule has 20 heavy (non-hydrogen) atoms. The number of aromatic nitrogens is 1. The van der Waals surface area contributed by atoms with Gasteiger partial charge in [-0.15, -0.1) is 0 Å². The lowest BCUT2D eigenvalue weighted by Gasteiger charge is -2.07. The van der Waals surface area contributed by atoms with E-state index < -0.39 is 0 Å². The van der Waals surface area contributed by atoms with E-state index in [1.54, 1.807) is 20.5 Å². The topological polar surface area (TPSA) is 56.5 Å². The highest BCUT2D eigenvalue weighted by Crippen LogP contribution is 2.32. The van der Waals surface area contributed by atoms with Gasteiger partial charge in [0.2, 0.25) is 5.89 Å². The van der Waals surface area contributed by atoms with Crippen molar-refractivity contribution >= 4 is 0 Å². The highest BCUT2D eigenvalue weighted by atomic mass is 16.5. The molecular formula is C15H18N2O3. The lowest BCUT2D eigenvalue weighted by Crippen LogP contribution is -2.15. The third kappa shape index (κ3) is 2.77. The second-order valence-electron chi connectivity index (χ2n) is 4.87. The second-order valence-corrected chi connectivity index (χ2v) is 4.87. The average Bonchev–Trinajstić information content (AvgIpc) is 3.21. The number of nitrogens with zero attached hydrogens (tertiary/aromatic N) is 1. The number of rotatable bonds is 6. The summed E-state index contributed by atoms with van der Waals surface area (Å²) in [5.41, 5.74) is 1.79. The molecule has 0 radical (unpaired) electrons. The van der Waals surface area contributed by atoms with E-state index in [-0.39, 0.29) is 0 Å². The quantitative estimate of drug-likeness (QED) is 0.877. The standard InChI is InChI=1S/C15H18N2O3/c1-18-13-6-3-10(7-14(13)19-2)15-17-12(9-20-15)8-16-11-4-5-11/h3,6-7,9,11,16H,4-5,8H2,1-2H3. The van der Waals surface area contributed by atoms with Crippen molar-refractivity contribution in [2.75, 3.05) is 14.2 Å².